The maximum Gasteiger partial charge on any atom is 0.0887 e. The Balaban J connectivity index is 2.96. The molecule has 1 atom stereocenters. The van der Waals surface area contributed by atoms with Gasteiger partial charge in [0.2, 0.25) is 0 Å². The van der Waals surface area contributed by atoms with Crippen LogP contribution in [0, 0.1) is 6.92 Å². The predicted molar refractivity (Wildman–Crippen MR) is 54.3 cm³/mol. The molecular formula is C9H12BrNO. The van der Waals surface area contributed by atoms with Crippen molar-refractivity contribution in [1.82, 2.24) is 0 Å². The van der Waals surface area contributed by atoms with Crippen molar-refractivity contribution in [3.05, 3.63) is 29.3 Å². The van der Waals surface area contributed by atoms with Gasteiger partial charge in [-0.25, -0.2) is 0 Å². The zero-order valence-corrected chi connectivity index (χ0v) is 8.51. The number of hydrogen-bond acceptors (Lipinski definition) is 2. The molecule has 0 aliphatic heterocycles. The Labute approximate surface area is 80.5 Å². The van der Waals surface area contributed by atoms with E-state index in [9.17, 15) is 5.11 Å². The fourth-order valence-electron chi connectivity index (χ4n) is 0.955. The minimum absolute atomic E-state index is 0.465. The minimum Gasteiger partial charge on any atom is -0.399 e. The molecule has 0 heterocycles. The van der Waals surface area contributed by atoms with E-state index in [1.165, 1.54) is 0 Å². The fraction of sp³-hybridized carbons (Fsp3) is 0.333. The SMILES string of the molecule is Cc1ccc([C@@H](O)CBr)cc1N. The average molecular weight is 230 g/mol. The molecule has 2 nitrogen and oxygen atoms in total. The average Bonchev–Trinajstić information content (AvgIpc) is 2.08. The van der Waals surface area contributed by atoms with E-state index in [1.807, 2.05) is 19.1 Å². The topological polar surface area (TPSA) is 46.2 Å². The quantitative estimate of drug-likeness (QED) is 0.603. The molecule has 3 N–H and O–H groups in total. The van der Waals surface area contributed by atoms with Gasteiger partial charge >= 0.3 is 0 Å². The minimum atomic E-state index is -0.465. The number of rotatable bonds is 2. The molecule has 0 spiro atoms. The summed E-state index contributed by atoms with van der Waals surface area (Å²) in [6, 6.07) is 5.61. The molecule has 0 radical (unpaired) electrons. The Kier molecular flexibility index (Phi) is 3.12. The second-order valence-electron chi connectivity index (χ2n) is 2.79. The monoisotopic (exact) mass is 229 g/mol. The maximum atomic E-state index is 9.44. The van der Waals surface area contributed by atoms with E-state index < -0.39 is 6.10 Å². The van der Waals surface area contributed by atoms with Gasteiger partial charge in [0.25, 0.3) is 0 Å². The lowest BCUT2D eigenvalue weighted by Crippen LogP contribution is -2.00. The van der Waals surface area contributed by atoms with Crippen molar-refractivity contribution in [3.63, 3.8) is 0 Å². The molecule has 0 aliphatic rings. The van der Waals surface area contributed by atoms with Crippen molar-refractivity contribution >= 4 is 21.6 Å². The molecule has 0 bridgehead atoms. The van der Waals surface area contributed by atoms with Gasteiger partial charge in [-0.2, -0.15) is 0 Å². The lowest BCUT2D eigenvalue weighted by molar-refractivity contribution is 0.205. The number of nitrogen functional groups attached to an aromatic ring is 1. The van der Waals surface area contributed by atoms with Crippen molar-refractivity contribution in [2.24, 2.45) is 0 Å². The van der Waals surface area contributed by atoms with Gasteiger partial charge < -0.3 is 10.8 Å². The number of anilines is 1. The molecule has 1 aromatic carbocycles. The first-order valence-corrected chi connectivity index (χ1v) is 4.87. The van der Waals surface area contributed by atoms with Crippen LogP contribution < -0.4 is 5.73 Å². The van der Waals surface area contributed by atoms with Gasteiger partial charge in [-0.05, 0) is 24.1 Å². The largest absolute Gasteiger partial charge is 0.399 e. The normalized spacial score (nSPS) is 12.9. The van der Waals surface area contributed by atoms with Crippen LogP contribution in [0.4, 0.5) is 5.69 Å². The summed E-state index contributed by atoms with van der Waals surface area (Å²) in [5, 5.41) is 9.98. The van der Waals surface area contributed by atoms with E-state index in [2.05, 4.69) is 15.9 Å². The highest BCUT2D eigenvalue weighted by Gasteiger charge is 2.05. The molecule has 0 aromatic heterocycles. The highest BCUT2D eigenvalue weighted by molar-refractivity contribution is 9.09. The highest BCUT2D eigenvalue weighted by atomic mass is 79.9. The first-order chi connectivity index (χ1) is 5.65. The Morgan fingerprint density at radius 3 is 2.75 bits per heavy atom. The summed E-state index contributed by atoms with van der Waals surface area (Å²) in [6.45, 7) is 1.94. The summed E-state index contributed by atoms with van der Waals surface area (Å²) in [5.74, 6) is 0. The summed E-state index contributed by atoms with van der Waals surface area (Å²) < 4.78 is 0. The molecule has 0 aliphatic carbocycles. The molecule has 0 amide bonds. The standard InChI is InChI=1S/C9H12BrNO/c1-6-2-3-7(4-8(6)11)9(12)5-10/h2-4,9,12H,5,11H2,1H3/t9-/m0/s1. The van der Waals surface area contributed by atoms with Crippen LogP contribution in [0.2, 0.25) is 0 Å². The zero-order chi connectivity index (χ0) is 9.14. The fourth-order valence-corrected chi connectivity index (χ4v) is 1.33. The Morgan fingerprint density at radius 2 is 2.25 bits per heavy atom. The van der Waals surface area contributed by atoms with Gasteiger partial charge in [-0.3, -0.25) is 0 Å². The third-order valence-electron chi connectivity index (χ3n) is 1.83. The van der Waals surface area contributed by atoms with Crippen molar-refractivity contribution in [1.29, 1.82) is 0 Å². The van der Waals surface area contributed by atoms with Gasteiger partial charge in [-0.1, -0.05) is 28.1 Å². The Bertz CT molecular complexity index is 275. The van der Waals surface area contributed by atoms with E-state index in [-0.39, 0.29) is 0 Å². The van der Waals surface area contributed by atoms with Crippen LogP contribution in [0.5, 0.6) is 0 Å². The molecule has 0 fully saturated rings. The molecule has 12 heavy (non-hydrogen) atoms. The van der Waals surface area contributed by atoms with Gasteiger partial charge in [-0.15, -0.1) is 0 Å². The number of alkyl halides is 1. The van der Waals surface area contributed by atoms with Gasteiger partial charge in [0.05, 0.1) is 6.10 Å². The molecule has 1 aromatic rings. The summed E-state index contributed by atoms with van der Waals surface area (Å²) in [4.78, 5) is 0. The summed E-state index contributed by atoms with van der Waals surface area (Å²) >= 11 is 3.20. The van der Waals surface area contributed by atoms with Crippen LogP contribution in [-0.4, -0.2) is 10.4 Å². The van der Waals surface area contributed by atoms with Crippen LogP contribution >= 0.6 is 15.9 Å². The van der Waals surface area contributed by atoms with Gasteiger partial charge in [0.1, 0.15) is 0 Å². The number of aryl methyl sites for hydroxylation is 1. The van der Waals surface area contributed by atoms with Gasteiger partial charge in [0.15, 0.2) is 0 Å². The predicted octanol–water partition coefficient (Wildman–Crippen LogP) is 2.01. The van der Waals surface area contributed by atoms with Crippen molar-refractivity contribution in [2.75, 3.05) is 11.1 Å². The number of hydrogen-bond donors (Lipinski definition) is 2. The molecule has 1 rings (SSSR count). The van der Waals surface area contributed by atoms with E-state index in [0.29, 0.717) is 5.33 Å². The van der Waals surface area contributed by atoms with E-state index in [4.69, 9.17) is 5.73 Å². The Hall–Kier alpha value is -0.540. The van der Waals surface area contributed by atoms with Gasteiger partial charge in [0, 0.05) is 11.0 Å². The second kappa shape index (κ2) is 3.92. The van der Waals surface area contributed by atoms with Crippen molar-refractivity contribution < 1.29 is 5.11 Å². The number of halogens is 1. The molecule has 0 saturated heterocycles. The smallest absolute Gasteiger partial charge is 0.0887 e. The third kappa shape index (κ3) is 1.99. The highest BCUT2D eigenvalue weighted by Crippen LogP contribution is 2.20. The number of aliphatic hydroxyl groups is 1. The van der Waals surface area contributed by atoms with Crippen LogP contribution in [-0.2, 0) is 0 Å². The second-order valence-corrected chi connectivity index (χ2v) is 3.43. The van der Waals surface area contributed by atoms with E-state index >= 15 is 0 Å². The summed E-state index contributed by atoms with van der Waals surface area (Å²) in [5.41, 5.74) is 8.31. The summed E-state index contributed by atoms with van der Waals surface area (Å²) in [6.07, 6.45) is -0.465. The lowest BCUT2D eigenvalue weighted by atomic mass is 10.1. The first kappa shape index (κ1) is 9.55. The van der Waals surface area contributed by atoms with Crippen LogP contribution in [0.15, 0.2) is 18.2 Å². The zero-order valence-electron chi connectivity index (χ0n) is 6.92. The Morgan fingerprint density at radius 1 is 1.58 bits per heavy atom. The summed E-state index contributed by atoms with van der Waals surface area (Å²) in [7, 11) is 0. The van der Waals surface area contributed by atoms with Crippen molar-refractivity contribution in [3.8, 4) is 0 Å². The van der Waals surface area contributed by atoms with Crippen LogP contribution in [0.25, 0.3) is 0 Å². The van der Waals surface area contributed by atoms with Crippen molar-refractivity contribution in [2.45, 2.75) is 13.0 Å². The molecular weight excluding hydrogens is 218 g/mol. The first-order valence-electron chi connectivity index (χ1n) is 3.75. The van der Waals surface area contributed by atoms with E-state index in [1.54, 1.807) is 6.07 Å². The number of nitrogens with two attached hydrogens (primary N) is 1. The molecule has 3 heteroatoms. The van der Waals surface area contributed by atoms with Crippen LogP contribution in [0.1, 0.15) is 17.2 Å². The number of benzene rings is 1. The molecule has 0 saturated carbocycles. The molecule has 66 valence electrons. The third-order valence-corrected chi connectivity index (χ3v) is 2.45. The maximum absolute atomic E-state index is 9.44. The van der Waals surface area contributed by atoms with Crippen LogP contribution in [0.3, 0.4) is 0 Å². The molecule has 0 unspecified atom stereocenters. The number of aliphatic hydroxyl groups excluding tert-OH is 1. The lowest BCUT2D eigenvalue weighted by Gasteiger charge is -2.08. The van der Waals surface area contributed by atoms with E-state index in [0.717, 1.165) is 16.8 Å².